The molecule has 134 valence electrons. The fourth-order valence-electron chi connectivity index (χ4n) is 2.34. The molecule has 0 saturated carbocycles. The summed E-state index contributed by atoms with van der Waals surface area (Å²) >= 11 is 4.96. The highest BCUT2D eigenvalue weighted by Gasteiger charge is 2.12. The fraction of sp³-hybridized carbons (Fsp3) is 0.158. The van der Waals surface area contributed by atoms with Gasteiger partial charge in [-0.1, -0.05) is 18.2 Å². The number of nitrogens with zero attached hydrogens (tertiary/aromatic N) is 2. The molecule has 3 aromatic rings. The standard InChI is InChI=1S/C19H19BrN4OS/c1-13(7-8-21)9-15-12-26-19(23-15)24-18-17(10-14(20)11-22-18)25-16-5-3-2-4-6-16/h2-6,8,10-13H,1,7,9,21H2,(H,22,23,24). The average Bonchev–Trinajstić information content (AvgIpc) is 3.05. The van der Waals surface area contributed by atoms with Gasteiger partial charge in [-0.3, -0.25) is 0 Å². The third kappa shape index (κ3) is 5.27. The summed E-state index contributed by atoms with van der Waals surface area (Å²) in [5.74, 6) is 2.19. The fourth-order valence-corrected chi connectivity index (χ4v) is 3.37. The second-order valence-electron chi connectivity index (χ2n) is 5.73. The maximum Gasteiger partial charge on any atom is 0.188 e. The Hall–Kier alpha value is -1.96. The Balaban J connectivity index is 1.74. The van der Waals surface area contributed by atoms with Crippen molar-refractivity contribution in [2.75, 3.05) is 5.32 Å². The zero-order valence-corrected chi connectivity index (χ0v) is 16.5. The number of anilines is 2. The van der Waals surface area contributed by atoms with E-state index < -0.39 is 0 Å². The first kappa shape index (κ1) is 18.8. The maximum atomic E-state index is 5.96. The molecule has 3 N–H and O–H groups in total. The number of para-hydroxylation sites is 1. The molecule has 1 aromatic carbocycles. The number of ether oxygens (including phenoxy) is 1. The van der Waals surface area contributed by atoms with Crippen molar-refractivity contribution in [1.29, 1.82) is 0 Å². The van der Waals surface area contributed by atoms with Crippen LogP contribution in [0.4, 0.5) is 10.9 Å². The summed E-state index contributed by atoms with van der Waals surface area (Å²) in [4.78, 5) is 9.02. The number of benzene rings is 1. The Kier molecular flexibility index (Phi) is 6.60. The lowest BCUT2D eigenvalue weighted by molar-refractivity contribution is 0.482. The van der Waals surface area contributed by atoms with Gasteiger partial charge in [0.15, 0.2) is 16.7 Å². The largest absolute Gasteiger partial charge is 0.453 e. The van der Waals surface area contributed by atoms with E-state index in [0.717, 1.165) is 33.9 Å². The minimum absolute atomic E-state index is 0.220. The molecule has 2 heterocycles. The van der Waals surface area contributed by atoms with Gasteiger partial charge in [-0.15, -0.1) is 11.3 Å². The molecule has 26 heavy (non-hydrogen) atoms. The van der Waals surface area contributed by atoms with Gasteiger partial charge in [0, 0.05) is 28.7 Å². The lowest BCUT2D eigenvalue weighted by Gasteiger charge is -2.11. The van der Waals surface area contributed by atoms with Crippen molar-refractivity contribution < 1.29 is 4.74 Å². The molecule has 3 rings (SSSR count). The van der Waals surface area contributed by atoms with Crippen molar-refractivity contribution in [3.63, 3.8) is 0 Å². The van der Waals surface area contributed by atoms with Gasteiger partial charge in [0.25, 0.3) is 0 Å². The number of hydrogen-bond donors (Lipinski definition) is 2. The summed E-state index contributed by atoms with van der Waals surface area (Å²) in [6.07, 6.45) is 3.27. The zero-order valence-electron chi connectivity index (χ0n) is 14.1. The summed E-state index contributed by atoms with van der Waals surface area (Å²) in [5.41, 5.74) is 6.45. The van der Waals surface area contributed by atoms with Crippen molar-refractivity contribution in [2.24, 2.45) is 11.7 Å². The van der Waals surface area contributed by atoms with Gasteiger partial charge in [-0.25, -0.2) is 9.97 Å². The number of rotatable bonds is 8. The normalized spacial score (nSPS) is 12.0. The van der Waals surface area contributed by atoms with Crippen molar-refractivity contribution in [2.45, 2.75) is 12.8 Å². The van der Waals surface area contributed by atoms with Crippen LogP contribution in [-0.4, -0.2) is 9.97 Å². The number of hydrogen-bond acceptors (Lipinski definition) is 6. The minimum Gasteiger partial charge on any atom is -0.453 e. The van der Waals surface area contributed by atoms with E-state index in [4.69, 9.17) is 10.5 Å². The van der Waals surface area contributed by atoms with Crippen molar-refractivity contribution in [1.82, 2.24) is 9.97 Å². The van der Waals surface area contributed by atoms with E-state index in [9.17, 15) is 0 Å². The highest BCUT2D eigenvalue weighted by Crippen LogP contribution is 2.33. The predicted molar refractivity (Wildman–Crippen MR) is 110 cm³/mol. The first-order valence-electron chi connectivity index (χ1n) is 8.10. The maximum absolute atomic E-state index is 5.96. The van der Waals surface area contributed by atoms with Crippen LogP contribution in [0.2, 0.25) is 0 Å². The number of pyridine rings is 1. The van der Waals surface area contributed by atoms with Gasteiger partial charge in [-0.2, -0.15) is 0 Å². The van der Waals surface area contributed by atoms with E-state index in [0.29, 0.717) is 11.6 Å². The second kappa shape index (κ2) is 9.12. The van der Waals surface area contributed by atoms with E-state index in [1.54, 1.807) is 12.7 Å². The average molecular weight is 431 g/mol. The second-order valence-corrected chi connectivity index (χ2v) is 7.50. The number of halogens is 1. The van der Waals surface area contributed by atoms with E-state index in [1.165, 1.54) is 11.3 Å². The van der Waals surface area contributed by atoms with E-state index in [2.05, 4.69) is 38.1 Å². The van der Waals surface area contributed by atoms with E-state index in [-0.39, 0.29) is 5.92 Å². The van der Waals surface area contributed by atoms with Crippen molar-refractivity contribution in [3.05, 3.63) is 71.6 Å². The Labute approximate surface area is 165 Å². The molecule has 0 spiro atoms. The minimum atomic E-state index is 0.220. The smallest absolute Gasteiger partial charge is 0.188 e. The molecular weight excluding hydrogens is 412 g/mol. The SMILES string of the molecule is [CH2]C(C[CH]N)Cc1csc(Nc2ncc(Br)cc2Oc2ccccc2)n1. The Morgan fingerprint density at radius 1 is 1.35 bits per heavy atom. The molecule has 2 radical (unpaired) electrons. The van der Waals surface area contributed by atoms with Crippen LogP contribution in [0.5, 0.6) is 11.5 Å². The van der Waals surface area contributed by atoms with Gasteiger partial charge < -0.3 is 15.8 Å². The summed E-state index contributed by atoms with van der Waals surface area (Å²) in [7, 11) is 0. The molecule has 0 bridgehead atoms. The monoisotopic (exact) mass is 430 g/mol. The highest BCUT2D eigenvalue weighted by molar-refractivity contribution is 9.10. The van der Waals surface area contributed by atoms with Gasteiger partial charge in [0.1, 0.15) is 5.75 Å². The van der Waals surface area contributed by atoms with Crippen LogP contribution < -0.4 is 15.8 Å². The molecule has 1 atom stereocenters. The third-order valence-electron chi connectivity index (χ3n) is 3.53. The van der Waals surface area contributed by atoms with Crippen LogP contribution in [0, 0.1) is 19.4 Å². The lowest BCUT2D eigenvalue weighted by Crippen LogP contribution is -2.04. The molecule has 0 amide bonds. The third-order valence-corrected chi connectivity index (χ3v) is 4.77. The molecule has 0 saturated heterocycles. The number of nitrogens with two attached hydrogens (primary N) is 1. The summed E-state index contributed by atoms with van der Waals surface area (Å²) in [6.45, 7) is 5.72. The molecule has 2 aromatic heterocycles. The first-order chi connectivity index (χ1) is 12.6. The molecule has 7 heteroatoms. The topological polar surface area (TPSA) is 73.1 Å². The highest BCUT2D eigenvalue weighted by atomic mass is 79.9. The van der Waals surface area contributed by atoms with Crippen LogP contribution in [0.25, 0.3) is 0 Å². The lowest BCUT2D eigenvalue weighted by atomic mass is 10.0. The molecule has 0 aliphatic heterocycles. The Morgan fingerprint density at radius 2 is 2.15 bits per heavy atom. The van der Waals surface area contributed by atoms with Crippen LogP contribution >= 0.6 is 27.3 Å². The summed E-state index contributed by atoms with van der Waals surface area (Å²) < 4.78 is 6.80. The predicted octanol–water partition coefficient (Wildman–Crippen LogP) is 5.34. The van der Waals surface area contributed by atoms with Crippen LogP contribution in [0.15, 0.2) is 52.4 Å². The first-order valence-corrected chi connectivity index (χ1v) is 9.77. The van der Waals surface area contributed by atoms with Gasteiger partial charge in [0.2, 0.25) is 0 Å². The van der Waals surface area contributed by atoms with Crippen LogP contribution in [-0.2, 0) is 6.42 Å². The Bertz CT molecular complexity index is 841. The van der Waals surface area contributed by atoms with Crippen molar-refractivity contribution >= 4 is 38.2 Å². The zero-order chi connectivity index (χ0) is 18.4. The molecular formula is C19H19BrN4OS. The quantitative estimate of drug-likeness (QED) is 0.504. The van der Waals surface area contributed by atoms with E-state index in [1.807, 2.05) is 41.8 Å². The van der Waals surface area contributed by atoms with Crippen LogP contribution in [0.1, 0.15) is 12.1 Å². The number of nitrogens with one attached hydrogen (secondary N) is 1. The van der Waals surface area contributed by atoms with Crippen molar-refractivity contribution in [3.8, 4) is 11.5 Å². The Morgan fingerprint density at radius 3 is 2.92 bits per heavy atom. The van der Waals surface area contributed by atoms with Gasteiger partial charge >= 0.3 is 0 Å². The van der Waals surface area contributed by atoms with Gasteiger partial charge in [-0.05, 0) is 53.7 Å². The molecule has 0 fully saturated rings. The molecule has 5 nitrogen and oxygen atoms in total. The van der Waals surface area contributed by atoms with E-state index >= 15 is 0 Å². The number of thiazole rings is 1. The summed E-state index contributed by atoms with van der Waals surface area (Å²) in [6, 6.07) is 11.5. The van der Waals surface area contributed by atoms with Crippen LogP contribution in [0.3, 0.4) is 0 Å². The number of aromatic nitrogens is 2. The summed E-state index contributed by atoms with van der Waals surface area (Å²) in [5, 5.41) is 6.03. The van der Waals surface area contributed by atoms with Gasteiger partial charge in [0.05, 0.1) is 5.69 Å². The molecule has 1 unspecified atom stereocenters. The molecule has 0 aliphatic rings. The molecule has 0 aliphatic carbocycles.